The Morgan fingerprint density at radius 3 is 2.59 bits per heavy atom. The van der Waals surface area contributed by atoms with Gasteiger partial charge < -0.3 is 10.1 Å². The lowest BCUT2D eigenvalue weighted by Gasteiger charge is -2.35. The fraction of sp³-hybridized carbons (Fsp3) is 0.261. The van der Waals surface area contributed by atoms with Crippen LogP contribution in [0.5, 0.6) is 0 Å². The Balaban J connectivity index is 1.25. The molecule has 0 saturated heterocycles. The molecule has 1 saturated carbocycles. The average molecular weight is 387 g/mol. The normalized spacial score (nSPS) is 22.9. The van der Waals surface area contributed by atoms with E-state index in [0.29, 0.717) is 37.1 Å². The zero-order chi connectivity index (χ0) is 19.8. The Hall–Kier alpha value is -3.41. The molecule has 2 aromatic carbocycles. The molecule has 2 aliphatic rings. The number of hydrogen-bond acceptors (Lipinski definition) is 4. The van der Waals surface area contributed by atoms with Crippen LogP contribution in [0.25, 0.3) is 11.3 Å². The predicted molar refractivity (Wildman–Crippen MR) is 108 cm³/mol. The van der Waals surface area contributed by atoms with Crippen LogP contribution in [0.4, 0.5) is 5.82 Å². The molecule has 29 heavy (non-hydrogen) atoms. The number of nitrogens with zero attached hydrogens (tertiary/aromatic N) is 1. The van der Waals surface area contributed by atoms with E-state index in [1.165, 1.54) is 0 Å². The number of hydrogen-bond donors (Lipinski definition) is 2. The maximum absolute atomic E-state index is 12.8. The number of ether oxygens (including phenoxy) is 1. The lowest BCUT2D eigenvalue weighted by Crippen LogP contribution is -2.36. The molecule has 1 aliphatic carbocycles. The summed E-state index contributed by atoms with van der Waals surface area (Å²) in [5.41, 5.74) is 2.92. The quantitative estimate of drug-likeness (QED) is 0.657. The molecule has 146 valence electrons. The van der Waals surface area contributed by atoms with Gasteiger partial charge in [-0.2, -0.15) is 5.10 Å². The van der Waals surface area contributed by atoms with Gasteiger partial charge >= 0.3 is 5.97 Å². The average Bonchev–Trinajstić information content (AvgIpc) is 3.33. The molecule has 6 heteroatoms. The number of aromatic amines is 1. The standard InChI is InChI=1S/C23H21N3O3/c27-21(24-20-14-19(25-26-20)15-6-2-1-3-7-15)16-10-12-23(13-11-16)18-9-5-4-8-17(18)22(28)29-23/h1-9,14,16H,10-13H2,(H2,24,25,26,27)/t16-,23-. The first-order valence-electron chi connectivity index (χ1n) is 9.89. The zero-order valence-corrected chi connectivity index (χ0v) is 15.9. The lowest BCUT2D eigenvalue weighted by atomic mass is 9.74. The van der Waals surface area contributed by atoms with Gasteiger partial charge in [-0.3, -0.25) is 9.89 Å². The van der Waals surface area contributed by atoms with Crippen molar-refractivity contribution in [2.75, 3.05) is 5.32 Å². The number of carbonyl (C=O) groups is 2. The molecule has 1 fully saturated rings. The van der Waals surface area contributed by atoms with Gasteiger partial charge in [-0.05, 0) is 37.3 Å². The van der Waals surface area contributed by atoms with Crippen molar-refractivity contribution in [1.29, 1.82) is 0 Å². The second-order valence-electron chi connectivity index (χ2n) is 7.73. The molecule has 1 amide bonds. The number of aromatic nitrogens is 2. The summed E-state index contributed by atoms with van der Waals surface area (Å²) in [5, 5.41) is 10.1. The summed E-state index contributed by atoms with van der Waals surface area (Å²) < 4.78 is 5.77. The first-order chi connectivity index (χ1) is 14.1. The van der Waals surface area contributed by atoms with Gasteiger partial charge in [-0.15, -0.1) is 0 Å². The van der Waals surface area contributed by atoms with Crippen molar-refractivity contribution in [2.24, 2.45) is 5.92 Å². The van der Waals surface area contributed by atoms with Crippen LogP contribution >= 0.6 is 0 Å². The molecule has 2 heterocycles. The van der Waals surface area contributed by atoms with Gasteiger partial charge in [-0.25, -0.2) is 4.79 Å². The molecule has 1 aromatic heterocycles. The van der Waals surface area contributed by atoms with Gasteiger partial charge in [0.05, 0.1) is 11.3 Å². The van der Waals surface area contributed by atoms with E-state index in [1.54, 1.807) is 0 Å². The van der Waals surface area contributed by atoms with Crippen molar-refractivity contribution < 1.29 is 14.3 Å². The third kappa shape index (κ3) is 3.10. The Labute approximate surface area is 168 Å². The van der Waals surface area contributed by atoms with E-state index < -0.39 is 5.60 Å². The van der Waals surface area contributed by atoms with E-state index in [4.69, 9.17) is 4.74 Å². The van der Waals surface area contributed by atoms with Gasteiger partial charge in [0.15, 0.2) is 5.82 Å². The highest BCUT2D eigenvalue weighted by Gasteiger charge is 2.48. The van der Waals surface area contributed by atoms with E-state index in [1.807, 2.05) is 60.7 Å². The highest BCUT2D eigenvalue weighted by atomic mass is 16.6. The minimum Gasteiger partial charge on any atom is -0.451 e. The third-order valence-electron chi connectivity index (χ3n) is 6.00. The number of H-pyrrole nitrogens is 1. The Morgan fingerprint density at radius 2 is 1.79 bits per heavy atom. The summed E-state index contributed by atoms with van der Waals surface area (Å²) in [7, 11) is 0. The zero-order valence-electron chi connectivity index (χ0n) is 15.9. The number of anilines is 1. The topological polar surface area (TPSA) is 84.1 Å². The van der Waals surface area contributed by atoms with Gasteiger partial charge in [0, 0.05) is 17.5 Å². The van der Waals surface area contributed by atoms with Crippen molar-refractivity contribution in [3.8, 4) is 11.3 Å². The maximum atomic E-state index is 12.8. The second kappa shape index (κ2) is 6.88. The number of esters is 1. The monoisotopic (exact) mass is 387 g/mol. The van der Waals surface area contributed by atoms with Crippen LogP contribution in [0.1, 0.15) is 41.6 Å². The van der Waals surface area contributed by atoms with Crippen LogP contribution in [-0.2, 0) is 15.1 Å². The molecule has 3 aromatic rings. The molecular weight excluding hydrogens is 366 g/mol. The summed E-state index contributed by atoms with van der Waals surface area (Å²) in [6, 6.07) is 19.3. The van der Waals surface area contributed by atoms with Crippen LogP contribution in [0.2, 0.25) is 0 Å². The van der Waals surface area contributed by atoms with Gasteiger partial charge in [0.1, 0.15) is 5.60 Å². The van der Waals surface area contributed by atoms with Crippen molar-refractivity contribution in [2.45, 2.75) is 31.3 Å². The summed E-state index contributed by atoms with van der Waals surface area (Å²) in [4.78, 5) is 25.0. The summed E-state index contributed by atoms with van der Waals surface area (Å²) in [5.74, 6) is 0.104. The number of fused-ring (bicyclic) bond motifs is 2. The van der Waals surface area contributed by atoms with Crippen LogP contribution < -0.4 is 5.32 Å². The smallest absolute Gasteiger partial charge is 0.339 e. The number of benzene rings is 2. The molecule has 6 nitrogen and oxygen atoms in total. The second-order valence-corrected chi connectivity index (χ2v) is 7.73. The molecule has 0 radical (unpaired) electrons. The number of amides is 1. The van der Waals surface area contributed by atoms with Gasteiger partial charge in [-0.1, -0.05) is 48.5 Å². The predicted octanol–water partition coefficient (Wildman–Crippen LogP) is 4.27. The van der Waals surface area contributed by atoms with Crippen LogP contribution in [-0.4, -0.2) is 22.1 Å². The van der Waals surface area contributed by atoms with Crippen molar-refractivity contribution in [1.82, 2.24) is 10.2 Å². The summed E-state index contributed by atoms with van der Waals surface area (Å²) in [6.07, 6.45) is 2.65. The van der Waals surface area contributed by atoms with Crippen molar-refractivity contribution in [3.05, 3.63) is 71.8 Å². The molecule has 5 rings (SSSR count). The van der Waals surface area contributed by atoms with E-state index in [9.17, 15) is 9.59 Å². The van der Waals surface area contributed by atoms with E-state index in [2.05, 4.69) is 15.5 Å². The van der Waals surface area contributed by atoms with Crippen molar-refractivity contribution >= 4 is 17.7 Å². The minimum atomic E-state index is -0.572. The van der Waals surface area contributed by atoms with Gasteiger partial charge in [0.25, 0.3) is 0 Å². The SMILES string of the molecule is O=C1O[C@]2(CC[C@H](C(=O)Nc3cc(-c4ccccc4)[nH]n3)CC2)c2ccccc21. The molecule has 1 spiro atoms. The molecular formula is C23H21N3O3. The van der Waals surface area contributed by atoms with E-state index in [0.717, 1.165) is 16.8 Å². The minimum absolute atomic E-state index is 0.0384. The van der Waals surface area contributed by atoms with Gasteiger partial charge in [0.2, 0.25) is 5.91 Å². The fourth-order valence-corrected chi connectivity index (χ4v) is 4.44. The maximum Gasteiger partial charge on any atom is 0.339 e. The van der Waals surface area contributed by atoms with E-state index >= 15 is 0 Å². The number of nitrogens with one attached hydrogen (secondary N) is 2. The van der Waals surface area contributed by atoms with Crippen LogP contribution in [0.3, 0.4) is 0 Å². The Morgan fingerprint density at radius 1 is 1.07 bits per heavy atom. The molecule has 0 bridgehead atoms. The first kappa shape index (κ1) is 17.7. The highest BCUT2D eigenvalue weighted by molar-refractivity contribution is 5.95. The van der Waals surface area contributed by atoms with Crippen molar-refractivity contribution in [3.63, 3.8) is 0 Å². The molecule has 0 unspecified atom stereocenters. The number of carbonyl (C=O) groups excluding carboxylic acids is 2. The molecule has 1 aliphatic heterocycles. The number of rotatable bonds is 3. The molecule has 0 atom stereocenters. The summed E-state index contributed by atoms with van der Waals surface area (Å²) in [6.45, 7) is 0. The molecule has 2 N–H and O–H groups in total. The summed E-state index contributed by atoms with van der Waals surface area (Å²) >= 11 is 0. The van der Waals surface area contributed by atoms with Crippen LogP contribution in [0, 0.1) is 5.92 Å². The van der Waals surface area contributed by atoms with E-state index in [-0.39, 0.29) is 17.8 Å². The fourth-order valence-electron chi connectivity index (χ4n) is 4.44. The highest BCUT2D eigenvalue weighted by Crippen LogP contribution is 2.48. The Bertz CT molecular complexity index is 1070. The largest absolute Gasteiger partial charge is 0.451 e. The third-order valence-corrected chi connectivity index (χ3v) is 6.00. The lowest BCUT2D eigenvalue weighted by molar-refractivity contribution is -0.122. The first-order valence-corrected chi connectivity index (χ1v) is 9.89. The van der Waals surface area contributed by atoms with Crippen LogP contribution in [0.15, 0.2) is 60.7 Å². The Kier molecular flexibility index (Phi) is 4.19.